The van der Waals surface area contributed by atoms with Gasteiger partial charge in [0.05, 0.1) is 12.7 Å². The lowest BCUT2D eigenvalue weighted by Crippen LogP contribution is -2.69. The van der Waals surface area contributed by atoms with Crippen molar-refractivity contribution in [2.75, 3.05) is 27.6 Å². The summed E-state index contributed by atoms with van der Waals surface area (Å²) in [5, 5.41) is 33.3. The van der Waals surface area contributed by atoms with E-state index in [2.05, 4.69) is 11.9 Å². The lowest BCUT2D eigenvalue weighted by Gasteiger charge is -2.49. The second-order valence-electron chi connectivity index (χ2n) is 8.22. The van der Waals surface area contributed by atoms with Gasteiger partial charge >= 0.3 is 0 Å². The largest absolute Gasteiger partial charge is 0.394 e. The van der Waals surface area contributed by atoms with Crippen molar-refractivity contribution < 1.29 is 48.5 Å². The molecule has 3 heterocycles. The molecule has 0 aromatic heterocycles. The maximum absolute atomic E-state index is 13.0. The van der Waals surface area contributed by atoms with Gasteiger partial charge in [-0.3, -0.25) is 4.79 Å². The van der Waals surface area contributed by atoms with Crippen LogP contribution in [0.3, 0.4) is 0 Å². The summed E-state index contributed by atoms with van der Waals surface area (Å²) in [6.45, 7) is 7.13. The van der Waals surface area contributed by atoms with Crippen molar-refractivity contribution in [2.24, 2.45) is 5.92 Å². The van der Waals surface area contributed by atoms with Gasteiger partial charge in [-0.2, -0.15) is 0 Å². The zero-order valence-corrected chi connectivity index (χ0v) is 18.2. The van der Waals surface area contributed by atoms with Crippen LogP contribution in [0, 0.1) is 5.92 Å². The van der Waals surface area contributed by atoms with Crippen molar-refractivity contribution in [2.45, 2.75) is 75.0 Å². The zero-order valence-electron chi connectivity index (χ0n) is 18.2. The third-order valence-electron chi connectivity index (χ3n) is 6.46. The van der Waals surface area contributed by atoms with Crippen molar-refractivity contribution in [3.8, 4) is 0 Å². The summed E-state index contributed by atoms with van der Waals surface area (Å²) >= 11 is 0. The normalized spacial score (nSPS) is 44.4. The number of carbonyl (C=O) groups excluding carboxylic acids is 1. The summed E-state index contributed by atoms with van der Waals surface area (Å²) in [6.07, 6.45) is -7.43. The zero-order chi connectivity index (χ0) is 22.9. The van der Waals surface area contributed by atoms with Crippen molar-refractivity contribution in [3.05, 3.63) is 12.2 Å². The molecule has 0 unspecified atom stereocenters. The van der Waals surface area contributed by atoms with Crippen molar-refractivity contribution in [3.63, 3.8) is 0 Å². The molecule has 0 radical (unpaired) electrons. The van der Waals surface area contributed by atoms with Gasteiger partial charge in [-0.05, 0) is 6.92 Å². The van der Waals surface area contributed by atoms with Gasteiger partial charge in [-0.25, -0.2) is 0 Å². The number of fused-ring (bicyclic) bond motifs is 1. The minimum Gasteiger partial charge on any atom is -0.394 e. The predicted molar refractivity (Wildman–Crippen MR) is 105 cm³/mol. The van der Waals surface area contributed by atoms with E-state index in [0.29, 0.717) is 0 Å². The molecule has 0 saturated carbocycles. The first-order chi connectivity index (χ1) is 14.7. The fraction of sp³-hybridized carbons (Fsp3) is 0.850. The Bertz CT molecular complexity index is 662. The van der Waals surface area contributed by atoms with Crippen molar-refractivity contribution >= 4 is 5.91 Å². The molecule has 10 atom stereocenters. The quantitative estimate of drug-likeness (QED) is 0.360. The number of carbonyl (C=O) groups is 1. The Morgan fingerprint density at radius 3 is 2.61 bits per heavy atom. The van der Waals surface area contributed by atoms with Gasteiger partial charge in [0.1, 0.15) is 37.3 Å². The lowest BCUT2D eigenvalue weighted by molar-refractivity contribution is -0.326. The van der Waals surface area contributed by atoms with Crippen LogP contribution in [0.4, 0.5) is 0 Å². The maximum atomic E-state index is 13.0. The average Bonchev–Trinajstić information content (AvgIpc) is 2.76. The number of nitrogens with one attached hydrogen (secondary N) is 1. The fourth-order valence-electron chi connectivity index (χ4n) is 4.30. The Morgan fingerprint density at radius 1 is 1.32 bits per heavy atom. The Balaban J connectivity index is 1.75. The van der Waals surface area contributed by atoms with E-state index in [-0.39, 0.29) is 25.2 Å². The molecule has 3 aliphatic heterocycles. The van der Waals surface area contributed by atoms with Gasteiger partial charge in [0.15, 0.2) is 12.3 Å². The van der Waals surface area contributed by atoms with E-state index in [9.17, 15) is 20.1 Å². The maximum Gasteiger partial charge on any atom is 0.256 e. The lowest BCUT2D eigenvalue weighted by atomic mass is 9.85. The summed E-state index contributed by atoms with van der Waals surface area (Å²) in [4.78, 5) is 13.0. The summed E-state index contributed by atoms with van der Waals surface area (Å²) < 4.78 is 33.4. The van der Waals surface area contributed by atoms with Gasteiger partial charge in [-0.15, -0.1) is 0 Å². The van der Waals surface area contributed by atoms with Crippen LogP contribution < -0.4 is 5.32 Å². The highest BCUT2D eigenvalue weighted by Crippen LogP contribution is 2.38. The highest BCUT2D eigenvalue weighted by atomic mass is 16.7. The Labute approximate surface area is 181 Å². The first-order valence-corrected chi connectivity index (χ1v) is 10.3. The molecule has 3 aliphatic rings. The molecule has 31 heavy (non-hydrogen) atoms. The third-order valence-corrected chi connectivity index (χ3v) is 6.46. The molecule has 0 spiro atoms. The Morgan fingerprint density at radius 2 is 2.03 bits per heavy atom. The van der Waals surface area contributed by atoms with E-state index in [1.54, 1.807) is 0 Å². The first kappa shape index (κ1) is 24.5. The molecule has 11 heteroatoms. The number of hydrogen-bond donors (Lipinski definition) is 4. The van der Waals surface area contributed by atoms with Gasteiger partial charge in [-0.1, -0.05) is 19.1 Å². The monoisotopic (exact) mass is 447 g/mol. The standard InChI is InChI=1S/C20H33NO10/c1-9-6-20(27-5,31-11(3)10(9)2)17(24)18(25)21-19-16-15(28-8-29-19)14(26-4)13(23)12(7-22)30-16/h10-17,19,22-24H,1,6-8H2,2-5H3,(H,21,25)/t10-,11-,12-,13-,14+,15-,16+,17-,19-,20-/m1/s1. The number of rotatable bonds is 6. The van der Waals surface area contributed by atoms with Crippen molar-refractivity contribution in [1.82, 2.24) is 5.32 Å². The molecule has 178 valence electrons. The molecule has 0 aromatic carbocycles. The van der Waals surface area contributed by atoms with E-state index in [4.69, 9.17) is 28.4 Å². The number of aliphatic hydroxyl groups is 3. The highest BCUT2D eigenvalue weighted by molar-refractivity contribution is 5.82. The van der Waals surface area contributed by atoms with Crippen molar-refractivity contribution in [1.29, 1.82) is 0 Å². The van der Waals surface area contributed by atoms with E-state index in [0.717, 1.165) is 5.57 Å². The topological polar surface area (TPSA) is 145 Å². The van der Waals surface area contributed by atoms with Gasteiger partial charge in [0, 0.05) is 26.6 Å². The van der Waals surface area contributed by atoms with Crippen LogP contribution in [0.1, 0.15) is 20.3 Å². The van der Waals surface area contributed by atoms with Gasteiger partial charge in [0.2, 0.25) is 5.79 Å². The molecule has 11 nitrogen and oxygen atoms in total. The third kappa shape index (κ3) is 4.52. The van der Waals surface area contributed by atoms with Crippen LogP contribution in [0.2, 0.25) is 0 Å². The summed E-state index contributed by atoms with van der Waals surface area (Å²) in [5.74, 6) is -2.35. The predicted octanol–water partition coefficient (Wildman–Crippen LogP) is -1.36. The second kappa shape index (κ2) is 9.77. The summed E-state index contributed by atoms with van der Waals surface area (Å²) in [6, 6.07) is 0. The van der Waals surface area contributed by atoms with E-state index in [1.165, 1.54) is 14.2 Å². The van der Waals surface area contributed by atoms with Crippen LogP contribution in [-0.2, 0) is 33.2 Å². The SMILES string of the molecule is C=C1C[C@](OC)([C@H](O)C(=O)N[C@@H]2OCO[C@@H]3[C@@H](OC)[C@H](O)[C@@H](CO)O[C@@H]32)O[C@H](C)[C@@H]1C. The van der Waals surface area contributed by atoms with Crippen LogP contribution in [-0.4, -0.2) is 104 Å². The molecule has 1 amide bonds. The molecule has 3 saturated heterocycles. The molecular formula is C20H33NO10. The van der Waals surface area contributed by atoms with Crippen LogP contribution in [0.25, 0.3) is 0 Å². The van der Waals surface area contributed by atoms with E-state index < -0.39 is 61.2 Å². The van der Waals surface area contributed by atoms with Crippen LogP contribution in [0.5, 0.6) is 0 Å². The highest BCUT2D eigenvalue weighted by Gasteiger charge is 2.54. The van der Waals surface area contributed by atoms with Crippen LogP contribution in [0.15, 0.2) is 12.2 Å². The summed E-state index contributed by atoms with van der Waals surface area (Å²) in [7, 11) is 2.76. The number of methoxy groups -OCH3 is 2. The van der Waals surface area contributed by atoms with Gasteiger partial charge < -0.3 is 49.1 Å². The number of hydrogen-bond acceptors (Lipinski definition) is 10. The smallest absolute Gasteiger partial charge is 0.256 e. The molecule has 3 rings (SSSR count). The average molecular weight is 447 g/mol. The molecule has 0 aliphatic carbocycles. The number of ether oxygens (including phenoxy) is 6. The molecule has 0 aromatic rings. The Hall–Kier alpha value is -1.15. The van der Waals surface area contributed by atoms with Gasteiger partial charge in [0.25, 0.3) is 5.91 Å². The molecule has 4 N–H and O–H groups in total. The van der Waals surface area contributed by atoms with Crippen LogP contribution >= 0.6 is 0 Å². The Kier molecular flexibility index (Phi) is 7.72. The molecule has 0 bridgehead atoms. The second-order valence-corrected chi connectivity index (χ2v) is 8.22. The minimum absolute atomic E-state index is 0.0431. The number of amides is 1. The summed E-state index contributed by atoms with van der Waals surface area (Å²) in [5.41, 5.74) is 0.799. The minimum atomic E-state index is -1.69. The number of aliphatic hydroxyl groups excluding tert-OH is 3. The van der Waals surface area contributed by atoms with E-state index >= 15 is 0 Å². The van der Waals surface area contributed by atoms with E-state index in [1.807, 2.05) is 13.8 Å². The first-order valence-electron chi connectivity index (χ1n) is 10.3. The molecule has 3 fully saturated rings. The molecular weight excluding hydrogens is 414 g/mol. The fourth-order valence-corrected chi connectivity index (χ4v) is 4.30.